The molecule has 1 aliphatic rings. The zero-order chi connectivity index (χ0) is 18.4. The summed E-state index contributed by atoms with van der Waals surface area (Å²) in [4.78, 5) is 19.5. The van der Waals surface area contributed by atoms with Gasteiger partial charge in [0.15, 0.2) is 0 Å². The fourth-order valence-electron chi connectivity index (χ4n) is 3.67. The molecule has 0 N–H and O–H groups in total. The highest BCUT2D eigenvalue weighted by atomic mass is 19.1. The van der Waals surface area contributed by atoms with Crippen molar-refractivity contribution in [1.82, 2.24) is 4.98 Å². The average Bonchev–Trinajstić information content (AvgIpc) is 2.61. The van der Waals surface area contributed by atoms with Crippen molar-refractivity contribution in [3.8, 4) is 0 Å². The third-order valence-corrected chi connectivity index (χ3v) is 4.92. The van der Waals surface area contributed by atoms with Crippen molar-refractivity contribution in [2.45, 2.75) is 32.7 Å². The summed E-state index contributed by atoms with van der Waals surface area (Å²) in [5.41, 5.74) is 3.22. The molecule has 2 aromatic carbocycles. The lowest BCUT2D eigenvalue weighted by molar-refractivity contribution is 0.0976. The highest BCUT2D eigenvalue weighted by Gasteiger charge is 2.30. The molecule has 0 bridgehead atoms. The maximum atomic E-state index is 13.8. The molecule has 2 heterocycles. The molecule has 26 heavy (non-hydrogen) atoms. The molecule has 0 saturated carbocycles. The number of anilines is 1. The minimum absolute atomic E-state index is 0.0301. The standard InChI is InChI=1S/C21H18F2N2O/c1-12-9-18(17-11-16(23)5-7-19(17)24-12)21(26)25-13(2)3-4-14-10-15(22)6-8-20(14)25/h5-11,13H,3-4H2,1-2H3. The Kier molecular flexibility index (Phi) is 3.94. The number of nitrogens with zero attached hydrogens (tertiary/aromatic N) is 2. The van der Waals surface area contributed by atoms with Gasteiger partial charge in [-0.3, -0.25) is 9.78 Å². The number of rotatable bonds is 1. The van der Waals surface area contributed by atoms with Gasteiger partial charge in [0, 0.05) is 22.8 Å². The Morgan fingerprint density at radius 2 is 1.85 bits per heavy atom. The fraction of sp³-hybridized carbons (Fsp3) is 0.238. The van der Waals surface area contributed by atoms with E-state index in [0.29, 0.717) is 27.8 Å². The van der Waals surface area contributed by atoms with E-state index >= 15 is 0 Å². The van der Waals surface area contributed by atoms with Crippen LogP contribution in [0.25, 0.3) is 10.9 Å². The SMILES string of the molecule is Cc1cc(C(=O)N2c3ccc(F)cc3CCC2C)c2cc(F)ccc2n1. The molecule has 1 amide bonds. The fourth-order valence-corrected chi connectivity index (χ4v) is 3.67. The maximum Gasteiger partial charge on any atom is 0.259 e. The molecule has 0 aliphatic carbocycles. The van der Waals surface area contributed by atoms with Crippen molar-refractivity contribution in [2.24, 2.45) is 0 Å². The van der Waals surface area contributed by atoms with Gasteiger partial charge in [-0.25, -0.2) is 8.78 Å². The second-order valence-corrected chi connectivity index (χ2v) is 6.81. The van der Waals surface area contributed by atoms with Gasteiger partial charge < -0.3 is 4.90 Å². The number of pyridine rings is 1. The smallest absolute Gasteiger partial charge is 0.259 e. The summed E-state index contributed by atoms with van der Waals surface area (Å²) in [5.74, 6) is -0.935. The summed E-state index contributed by atoms with van der Waals surface area (Å²) in [6.45, 7) is 3.78. The van der Waals surface area contributed by atoms with Crippen LogP contribution in [0, 0.1) is 18.6 Å². The van der Waals surface area contributed by atoms with Crippen LogP contribution in [-0.4, -0.2) is 16.9 Å². The zero-order valence-electron chi connectivity index (χ0n) is 14.6. The number of hydrogen-bond acceptors (Lipinski definition) is 2. The van der Waals surface area contributed by atoms with E-state index in [0.717, 1.165) is 18.4 Å². The van der Waals surface area contributed by atoms with Crippen LogP contribution in [0.3, 0.4) is 0 Å². The number of halogens is 2. The Hall–Kier alpha value is -2.82. The van der Waals surface area contributed by atoms with Gasteiger partial charge in [0.1, 0.15) is 11.6 Å². The number of hydrogen-bond donors (Lipinski definition) is 0. The van der Waals surface area contributed by atoms with E-state index in [4.69, 9.17) is 0 Å². The van der Waals surface area contributed by atoms with Crippen LogP contribution in [0.15, 0.2) is 42.5 Å². The number of carbonyl (C=O) groups excluding carboxylic acids is 1. The summed E-state index contributed by atoms with van der Waals surface area (Å²) in [6.07, 6.45) is 1.47. The highest BCUT2D eigenvalue weighted by Crippen LogP contribution is 2.33. The van der Waals surface area contributed by atoms with Crippen molar-refractivity contribution >= 4 is 22.5 Å². The van der Waals surface area contributed by atoms with Gasteiger partial charge in [-0.15, -0.1) is 0 Å². The Balaban J connectivity index is 1.89. The third kappa shape index (κ3) is 2.73. The van der Waals surface area contributed by atoms with Crippen molar-refractivity contribution in [3.05, 3.63) is 70.9 Å². The maximum absolute atomic E-state index is 13.8. The topological polar surface area (TPSA) is 33.2 Å². The second kappa shape index (κ2) is 6.16. The molecule has 0 radical (unpaired) electrons. The van der Waals surface area contributed by atoms with Crippen molar-refractivity contribution < 1.29 is 13.6 Å². The first-order valence-corrected chi connectivity index (χ1v) is 8.63. The lowest BCUT2D eigenvalue weighted by Crippen LogP contribution is -2.42. The largest absolute Gasteiger partial charge is 0.305 e. The number of benzene rings is 2. The molecule has 1 atom stereocenters. The molecule has 1 unspecified atom stereocenters. The van der Waals surface area contributed by atoms with Gasteiger partial charge in [-0.2, -0.15) is 0 Å². The van der Waals surface area contributed by atoms with Gasteiger partial charge in [-0.05, 0) is 74.7 Å². The minimum Gasteiger partial charge on any atom is -0.305 e. The first kappa shape index (κ1) is 16.6. The van der Waals surface area contributed by atoms with E-state index in [2.05, 4.69) is 4.98 Å². The van der Waals surface area contributed by atoms with E-state index in [9.17, 15) is 13.6 Å². The van der Waals surface area contributed by atoms with Crippen LogP contribution in [0.4, 0.5) is 14.5 Å². The van der Waals surface area contributed by atoms with Crippen molar-refractivity contribution in [3.63, 3.8) is 0 Å². The zero-order valence-corrected chi connectivity index (χ0v) is 14.6. The second-order valence-electron chi connectivity index (χ2n) is 6.81. The molecule has 1 aromatic heterocycles. The average molecular weight is 352 g/mol. The van der Waals surface area contributed by atoms with Gasteiger partial charge in [0.05, 0.1) is 11.1 Å². The Labute approximate surface area is 150 Å². The molecule has 4 rings (SSSR count). The lowest BCUT2D eigenvalue weighted by atomic mass is 9.95. The molecule has 132 valence electrons. The number of aryl methyl sites for hydroxylation is 2. The lowest BCUT2D eigenvalue weighted by Gasteiger charge is -2.35. The first-order valence-electron chi connectivity index (χ1n) is 8.63. The summed E-state index contributed by atoms with van der Waals surface area (Å²) in [6, 6.07) is 10.4. The predicted molar refractivity (Wildman–Crippen MR) is 97.4 cm³/mol. The summed E-state index contributed by atoms with van der Waals surface area (Å²) in [5, 5.41) is 0.488. The highest BCUT2D eigenvalue weighted by molar-refractivity contribution is 6.14. The molecular formula is C21H18F2N2O. The molecule has 5 heteroatoms. The van der Waals surface area contributed by atoms with Crippen molar-refractivity contribution in [2.75, 3.05) is 4.90 Å². The summed E-state index contributed by atoms with van der Waals surface area (Å²) < 4.78 is 27.4. The first-order chi connectivity index (χ1) is 12.4. The Morgan fingerprint density at radius 3 is 2.65 bits per heavy atom. The monoisotopic (exact) mass is 352 g/mol. The van der Waals surface area contributed by atoms with E-state index in [1.807, 2.05) is 13.8 Å². The number of aromatic nitrogens is 1. The molecule has 0 saturated heterocycles. The van der Waals surface area contributed by atoms with Gasteiger partial charge in [0.25, 0.3) is 5.91 Å². The summed E-state index contributed by atoms with van der Waals surface area (Å²) in [7, 11) is 0. The van der Waals surface area contributed by atoms with E-state index in [1.165, 1.54) is 24.3 Å². The van der Waals surface area contributed by atoms with Crippen molar-refractivity contribution in [1.29, 1.82) is 0 Å². The molecule has 1 aliphatic heterocycles. The predicted octanol–water partition coefficient (Wildman–Crippen LogP) is 4.80. The molecular weight excluding hydrogens is 334 g/mol. The van der Waals surface area contributed by atoms with Crippen LogP contribution in [-0.2, 0) is 6.42 Å². The molecule has 3 nitrogen and oxygen atoms in total. The number of fused-ring (bicyclic) bond motifs is 2. The molecule has 3 aromatic rings. The van der Waals surface area contributed by atoms with E-state index in [-0.39, 0.29) is 17.8 Å². The number of amides is 1. The quantitative estimate of drug-likeness (QED) is 0.630. The van der Waals surface area contributed by atoms with Gasteiger partial charge in [0.2, 0.25) is 0 Å². The van der Waals surface area contributed by atoms with Crippen LogP contribution >= 0.6 is 0 Å². The van der Waals surface area contributed by atoms with Crippen LogP contribution in [0.1, 0.15) is 35.0 Å². The molecule has 0 spiro atoms. The van der Waals surface area contributed by atoms with Gasteiger partial charge >= 0.3 is 0 Å². The number of carbonyl (C=O) groups is 1. The minimum atomic E-state index is -0.411. The Bertz CT molecular complexity index is 1030. The third-order valence-electron chi connectivity index (χ3n) is 4.92. The van der Waals surface area contributed by atoms with Crippen LogP contribution in [0.2, 0.25) is 0 Å². The summed E-state index contributed by atoms with van der Waals surface area (Å²) >= 11 is 0. The van der Waals surface area contributed by atoms with E-state index in [1.54, 1.807) is 23.1 Å². The van der Waals surface area contributed by atoms with E-state index < -0.39 is 5.82 Å². The van der Waals surface area contributed by atoms with Crippen LogP contribution in [0.5, 0.6) is 0 Å². The Morgan fingerprint density at radius 1 is 1.12 bits per heavy atom. The molecule has 0 fully saturated rings. The normalized spacial score (nSPS) is 16.6. The van der Waals surface area contributed by atoms with Gasteiger partial charge in [-0.1, -0.05) is 0 Å². The van der Waals surface area contributed by atoms with Crippen LogP contribution < -0.4 is 4.90 Å².